The van der Waals surface area contributed by atoms with E-state index in [1.807, 2.05) is 12.2 Å². The first-order chi connectivity index (χ1) is 17.7. The van der Waals surface area contributed by atoms with Gasteiger partial charge in [-0.3, -0.25) is 6.08 Å². The van der Waals surface area contributed by atoms with Gasteiger partial charge in [-0.25, -0.2) is 12.2 Å². The second-order valence-electron chi connectivity index (χ2n) is 11.6. The van der Waals surface area contributed by atoms with Crippen LogP contribution in [0.3, 0.4) is 0 Å². The number of rotatable bonds is 1. The van der Waals surface area contributed by atoms with Crippen LogP contribution >= 0.6 is 0 Å². The van der Waals surface area contributed by atoms with Crippen LogP contribution in [0.15, 0.2) is 72.8 Å². The third kappa shape index (κ3) is 8.09. The molecule has 3 aromatic carbocycles. The van der Waals surface area contributed by atoms with Gasteiger partial charge in [0.1, 0.15) is 0 Å². The van der Waals surface area contributed by atoms with E-state index in [0.717, 1.165) is 49.2 Å². The van der Waals surface area contributed by atoms with Crippen molar-refractivity contribution in [2.24, 2.45) is 0 Å². The quantitative estimate of drug-likeness (QED) is 0.194. The zero-order valence-corrected chi connectivity index (χ0v) is 25.5. The van der Waals surface area contributed by atoms with E-state index in [2.05, 4.69) is 90.1 Å². The Morgan fingerprint density at radius 1 is 0.816 bits per heavy atom. The van der Waals surface area contributed by atoms with Crippen molar-refractivity contribution in [1.29, 1.82) is 0 Å². The third-order valence-corrected chi connectivity index (χ3v) is 7.31. The number of hydrogen-bond donors (Lipinski definition) is 0. The van der Waals surface area contributed by atoms with Gasteiger partial charge in [0.05, 0.1) is 0 Å². The van der Waals surface area contributed by atoms with Gasteiger partial charge in [-0.1, -0.05) is 76.3 Å². The summed E-state index contributed by atoms with van der Waals surface area (Å²) in [4.78, 5) is 0. The van der Waals surface area contributed by atoms with Crippen LogP contribution in [-0.2, 0) is 47.7 Å². The van der Waals surface area contributed by atoms with Crippen LogP contribution in [0.5, 0.6) is 0 Å². The van der Waals surface area contributed by atoms with E-state index in [1.54, 1.807) is 9.78 Å². The molecule has 4 heteroatoms. The van der Waals surface area contributed by atoms with E-state index < -0.39 is 11.7 Å². The summed E-state index contributed by atoms with van der Waals surface area (Å²) in [5.74, 6) is 0. The van der Waals surface area contributed by atoms with Gasteiger partial charge in [-0.15, -0.1) is 12.0 Å². The van der Waals surface area contributed by atoms with Gasteiger partial charge < -0.3 is 0 Å². The molecule has 0 fully saturated rings. The standard InChI is InChI=1S/C21H25.C8H5F3.C5H5.Zr/c1-20(2,3)16-9-7-14-11-15-8-10-17(21(4,5)6)13-19(15)18(14)12-16;1-6-3-2-4-7(5-6)8(9,10)11;1-2-4-5-3-1;/h7,9-10,12-13H,11H2,1-6H3;1-5H;1-3H,4H2;/q-1;;-1;+2. The Balaban J connectivity index is 0.000000197. The first-order valence-electron chi connectivity index (χ1n) is 12.8. The van der Waals surface area contributed by atoms with Crippen molar-refractivity contribution in [2.45, 2.75) is 71.4 Å². The molecular formula is C34H35F3Zr. The summed E-state index contributed by atoms with van der Waals surface area (Å²) < 4.78 is 38.0. The van der Waals surface area contributed by atoms with Crippen LogP contribution in [0.2, 0.25) is 0 Å². The van der Waals surface area contributed by atoms with Crippen LogP contribution in [0.1, 0.15) is 81.3 Å². The zero-order chi connectivity index (χ0) is 28.1. The molecule has 0 unspecified atom stereocenters. The second-order valence-corrected chi connectivity index (χ2v) is 12.3. The Morgan fingerprint density at radius 3 is 2.03 bits per heavy atom. The topological polar surface area (TPSA) is 0 Å². The molecule has 0 nitrogen and oxygen atoms in total. The van der Waals surface area contributed by atoms with Crippen LogP contribution in [0, 0.1) is 12.1 Å². The molecule has 5 rings (SSSR count). The predicted molar refractivity (Wildman–Crippen MR) is 149 cm³/mol. The van der Waals surface area contributed by atoms with Gasteiger partial charge in [0.15, 0.2) is 0 Å². The molecule has 0 saturated carbocycles. The SMILES string of the molecule is CC(C)(C)c1c[c-]c2c(c1)-c1cc(C(C)(C)C)ccc1C2.FC(F)(F)c1cccc([CH]=[Zr+2])c1.[C-]1=CC=CC1. The summed E-state index contributed by atoms with van der Waals surface area (Å²) in [5, 5.41) is 0. The number of benzene rings is 3. The molecule has 38 heavy (non-hydrogen) atoms. The number of allylic oxidation sites excluding steroid dienone is 4. The van der Waals surface area contributed by atoms with Crippen molar-refractivity contribution in [3.63, 3.8) is 0 Å². The fraction of sp³-hybridized carbons (Fsp3) is 0.324. The summed E-state index contributed by atoms with van der Waals surface area (Å²) >= 11 is 1.10. The van der Waals surface area contributed by atoms with Gasteiger partial charge in [-0.05, 0) is 17.4 Å². The molecule has 0 radical (unpaired) electrons. The van der Waals surface area contributed by atoms with Crippen LogP contribution < -0.4 is 0 Å². The fourth-order valence-corrected chi connectivity index (χ4v) is 4.57. The second kappa shape index (κ2) is 12.2. The molecule has 2 aliphatic carbocycles. The Labute approximate surface area is 241 Å². The zero-order valence-electron chi connectivity index (χ0n) is 23.1. The van der Waals surface area contributed by atoms with Gasteiger partial charge in [0.2, 0.25) is 0 Å². The maximum atomic E-state index is 12.1. The van der Waals surface area contributed by atoms with E-state index in [9.17, 15) is 13.2 Å². The largest absolute Gasteiger partial charge is 0.273 e. The molecule has 0 atom stereocenters. The van der Waals surface area contributed by atoms with E-state index >= 15 is 0 Å². The van der Waals surface area contributed by atoms with Gasteiger partial charge in [0, 0.05) is 0 Å². The molecule has 3 aromatic rings. The predicted octanol–water partition coefficient (Wildman–Crippen LogP) is 9.36. The number of alkyl halides is 3. The Hall–Kier alpha value is -2.32. The fourth-order valence-electron chi connectivity index (χ4n) is 4.13. The number of hydrogen-bond acceptors (Lipinski definition) is 0. The summed E-state index contributed by atoms with van der Waals surface area (Å²) in [6, 6.07) is 20.4. The molecular weight excluding hydrogens is 557 g/mol. The molecule has 0 amide bonds. The van der Waals surface area contributed by atoms with Crippen LogP contribution in [0.25, 0.3) is 11.1 Å². The van der Waals surface area contributed by atoms with Crippen LogP contribution in [0.4, 0.5) is 13.2 Å². The van der Waals surface area contributed by atoms with Crippen LogP contribution in [-0.4, -0.2) is 3.71 Å². The minimum Gasteiger partial charge on any atom is -0.273 e. The number of halogens is 3. The van der Waals surface area contributed by atoms with Crippen molar-refractivity contribution in [3.05, 3.63) is 118 Å². The van der Waals surface area contributed by atoms with Crippen molar-refractivity contribution >= 4 is 3.71 Å². The molecule has 196 valence electrons. The minimum absolute atomic E-state index is 0.177. The monoisotopic (exact) mass is 590 g/mol. The normalized spacial score (nSPS) is 13.7. The molecule has 0 aliphatic heterocycles. The molecule has 0 bridgehead atoms. The first kappa shape index (κ1) is 30.2. The third-order valence-electron chi connectivity index (χ3n) is 6.49. The Kier molecular flexibility index (Phi) is 9.74. The maximum Gasteiger partial charge on any atom is -0.109 e. The molecule has 0 spiro atoms. The van der Waals surface area contributed by atoms with E-state index in [1.165, 1.54) is 39.4 Å². The minimum atomic E-state index is -4.23. The van der Waals surface area contributed by atoms with Gasteiger partial charge >= 0.3 is 82.7 Å². The Bertz CT molecular complexity index is 1260. The molecule has 0 heterocycles. The summed E-state index contributed by atoms with van der Waals surface area (Å²) in [7, 11) is 0. The first-order valence-corrected chi connectivity index (χ1v) is 14.2. The van der Waals surface area contributed by atoms with E-state index in [0.29, 0.717) is 5.56 Å². The average Bonchev–Trinajstić information content (AvgIpc) is 3.54. The summed E-state index contributed by atoms with van der Waals surface area (Å²) in [5.41, 5.74) is 8.80. The van der Waals surface area contributed by atoms with Crippen molar-refractivity contribution in [2.75, 3.05) is 0 Å². The maximum absolute atomic E-state index is 12.1. The van der Waals surface area contributed by atoms with E-state index in [-0.39, 0.29) is 10.8 Å². The van der Waals surface area contributed by atoms with Crippen molar-refractivity contribution in [1.82, 2.24) is 0 Å². The van der Waals surface area contributed by atoms with Crippen molar-refractivity contribution in [3.8, 4) is 11.1 Å². The summed E-state index contributed by atoms with van der Waals surface area (Å²) in [6.45, 7) is 13.6. The average molecular weight is 592 g/mol. The molecule has 0 saturated heterocycles. The molecule has 2 aliphatic rings. The Morgan fingerprint density at radius 2 is 1.50 bits per heavy atom. The molecule has 0 aromatic heterocycles. The van der Waals surface area contributed by atoms with Gasteiger partial charge in [-0.2, -0.15) is 35.4 Å². The number of fused-ring (bicyclic) bond motifs is 3. The smallest absolute Gasteiger partial charge is 0.109 e. The van der Waals surface area contributed by atoms with Crippen molar-refractivity contribution < 1.29 is 37.4 Å². The van der Waals surface area contributed by atoms with E-state index in [4.69, 9.17) is 0 Å². The van der Waals surface area contributed by atoms with Gasteiger partial charge in [0.25, 0.3) is 0 Å². The molecule has 0 N–H and O–H groups in total. The summed E-state index contributed by atoms with van der Waals surface area (Å²) in [6.07, 6.45) is 6.80.